The Labute approximate surface area is 187 Å². The van der Waals surface area contributed by atoms with Crippen LogP contribution in [0, 0.1) is 0 Å². The van der Waals surface area contributed by atoms with Crippen molar-refractivity contribution in [2.45, 2.75) is 13.5 Å². The van der Waals surface area contributed by atoms with Gasteiger partial charge in [-0.15, -0.1) is 24.0 Å². The van der Waals surface area contributed by atoms with Gasteiger partial charge in [0.25, 0.3) is 0 Å². The molecule has 1 saturated heterocycles. The fraction of sp³-hybridized carbons (Fsp3) is 0.556. The molecule has 0 unspecified atom stereocenters. The summed E-state index contributed by atoms with van der Waals surface area (Å²) < 4.78 is 16.2. The second kappa shape index (κ2) is 10.8. The molecule has 3 rings (SSSR count). The minimum atomic E-state index is -0.258. The van der Waals surface area contributed by atoms with Crippen LogP contribution in [-0.2, 0) is 11.3 Å². The van der Waals surface area contributed by atoms with E-state index in [0.29, 0.717) is 69.1 Å². The number of fused-ring (bicyclic) bond motifs is 1. The van der Waals surface area contributed by atoms with E-state index < -0.39 is 0 Å². The van der Waals surface area contributed by atoms with E-state index >= 15 is 0 Å². The van der Waals surface area contributed by atoms with Crippen molar-refractivity contribution in [2.75, 3.05) is 53.0 Å². The maximum Gasteiger partial charge on any atom is 0.409 e. The van der Waals surface area contributed by atoms with Crippen LogP contribution >= 0.6 is 35.6 Å². The van der Waals surface area contributed by atoms with Crippen molar-refractivity contribution in [3.63, 3.8) is 0 Å². The van der Waals surface area contributed by atoms with Gasteiger partial charge in [-0.05, 0) is 24.6 Å². The molecule has 0 aromatic heterocycles. The number of halogens is 2. The number of benzene rings is 1. The molecule has 156 valence electrons. The molecular weight excluding hydrogens is 499 g/mol. The van der Waals surface area contributed by atoms with E-state index in [4.69, 9.17) is 25.8 Å². The van der Waals surface area contributed by atoms with E-state index in [1.165, 1.54) is 0 Å². The standard InChI is InChI=1S/C18H25ClN4O4.HI/c1-3-25-18(24)23-6-4-22(5-7-23)17(20-2)21-12-13-10-14(19)16-15(11-13)26-8-9-27-16;/h10-11H,3-9,12H2,1-2H3,(H,20,21);1H. The van der Waals surface area contributed by atoms with Gasteiger partial charge in [-0.25, -0.2) is 4.79 Å². The van der Waals surface area contributed by atoms with Crippen molar-refractivity contribution < 1.29 is 19.0 Å². The van der Waals surface area contributed by atoms with Gasteiger partial charge in [0.2, 0.25) is 0 Å². The van der Waals surface area contributed by atoms with Crippen molar-refractivity contribution in [1.29, 1.82) is 0 Å². The number of piperazine rings is 1. The summed E-state index contributed by atoms with van der Waals surface area (Å²) in [5, 5.41) is 3.89. The first kappa shape index (κ1) is 22.7. The van der Waals surface area contributed by atoms with Gasteiger partial charge in [-0.2, -0.15) is 0 Å². The average molecular weight is 525 g/mol. The van der Waals surface area contributed by atoms with Gasteiger partial charge in [0, 0.05) is 39.8 Å². The molecule has 2 aliphatic heterocycles. The van der Waals surface area contributed by atoms with E-state index in [2.05, 4.69) is 15.2 Å². The zero-order valence-corrected chi connectivity index (χ0v) is 19.2. The third kappa shape index (κ3) is 5.47. The Morgan fingerprint density at radius 1 is 1.21 bits per heavy atom. The third-order valence-corrected chi connectivity index (χ3v) is 4.71. The van der Waals surface area contributed by atoms with Crippen LogP contribution in [0.15, 0.2) is 17.1 Å². The first-order valence-electron chi connectivity index (χ1n) is 9.07. The predicted molar refractivity (Wildman–Crippen MR) is 118 cm³/mol. The molecule has 2 heterocycles. The SMILES string of the molecule is CCOC(=O)N1CCN(C(=NC)NCc2cc(Cl)c3c(c2)OCCO3)CC1.I. The lowest BCUT2D eigenvalue weighted by molar-refractivity contribution is 0.0914. The Kier molecular flexibility index (Phi) is 8.74. The molecule has 1 fully saturated rings. The zero-order valence-electron chi connectivity index (χ0n) is 16.1. The summed E-state index contributed by atoms with van der Waals surface area (Å²) in [4.78, 5) is 20.0. The summed E-state index contributed by atoms with van der Waals surface area (Å²) in [6.07, 6.45) is -0.258. The van der Waals surface area contributed by atoms with Gasteiger partial charge in [0.05, 0.1) is 11.6 Å². The maximum atomic E-state index is 11.8. The normalized spacial score (nSPS) is 16.3. The fourth-order valence-corrected chi connectivity index (χ4v) is 3.38. The summed E-state index contributed by atoms with van der Waals surface area (Å²) in [5.74, 6) is 2.05. The third-order valence-electron chi connectivity index (χ3n) is 4.42. The second-order valence-electron chi connectivity index (χ2n) is 6.18. The molecule has 0 bridgehead atoms. The first-order chi connectivity index (χ1) is 13.1. The van der Waals surface area contributed by atoms with Crippen LogP contribution in [0.1, 0.15) is 12.5 Å². The molecule has 1 aromatic carbocycles. The number of amides is 1. The highest BCUT2D eigenvalue weighted by Gasteiger charge is 2.24. The molecule has 10 heteroatoms. The predicted octanol–water partition coefficient (Wildman–Crippen LogP) is 2.58. The lowest BCUT2D eigenvalue weighted by Gasteiger charge is -2.35. The molecule has 0 radical (unpaired) electrons. The van der Waals surface area contributed by atoms with Crippen LogP contribution in [0.2, 0.25) is 5.02 Å². The van der Waals surface area contributed by atoms with E-state index in [0.717, 1.165) is 11.5 Å². The van der Waals surface area contributed by atoms with Crippen molar-refractivity contribution >= 4 is 47.6 Å². The van der Waals surface area contributed by atoms with Crippen molar-refractivity contribution in [3.05, 3.63) is 22.7 Å². The number of nitrogens with one attached hydrogen (secondary N) is 1. The Morgan fingerprint density at radius 2 is 1.89 bits per heavy atom. The molecule has 0 saturated carbocycles. The number of aliphatic imine (C=N–C) groups is 1. The Bertz CT molecular complexity index is 711. The van der Waals surface area contributed by atoms with Gasteiger partial charge < -0.3 is 29.3 Å². The molecular formula is C18H26ClIN4O4. The summed E-state index contributed by atoms with van der Waals surface area (Å²) >= 11 is 6.29. The minimum Gasteiger partial charge on any atom is -0.486 e. The van der Waals surface area contributed by atoms with Crippen LogP contribution < -0.4 is 14.8 Å². The maximum absolute atomic E-state index is 11.8. The molecule has 8 nitrogen and oxygen atoms in total. The van der Waals surface area contributed by atoms with Gasteiger partial charge in [0.1, 0.15) is 13.2 Å². The van der Waals surface area contributed by atoms with Gasteiger partial charge in [0.15, 0.2) is 17.5 Å². The van der Waals surface area contributed by atoms with Gasteiger partial charge in [-0.3, -0.25) is 4.99 Å². The summed E-state index contributed by atoms with van der Waals surface area (Å²) in [6.45, 7) is 6.39. The Morgan fingerprint density at radius 3 is 2.57 bits per heavy atom. The molecule has 0 aliphatic carbocycles. The smallest absolute Gasteiger partial charge is 0.409 e. The highest BCUT2D eigenvalue weighted by atomic mass is 127. The highest BCUT2D eigenvalue weighted by Crippen LogP contribution is 2.38. The number of ether oxygens (including phenoxy) is 3. The molecule has 1 amide bonds. The number of guanidine groups is 1. The van der Waals surface area contributed by atoms with Crippen LogP contribution in [0.4, 0.5) is 4.79 Å². The number of carbonyl (C=O) groups is 1. The topological polar surface area (TPSA) is 75.6 Å². The van der Waals surface area contributed by atoms with Gasteiger partial charge in [-0.1, -0.05) is 11.6 Å². The van der Waals surface area contributed by atoms with E-state index in [9.17, 15) is 4.79 Å². The number of hydrogen-bond acceptors (Lipinski definition) is 5. The van der Waals surface area contributed by atoms with Crippen molar-refractivity contribution in [2.24, 2.45) is 4.99 Å². The number of rotatable bonds is 3. The quantitative estimate of drug-likeness (QED) is 0.372. The first-order valence-corrected chi connectivity index (χ1v) is 9.45. The lowest BCUT2D eigenvalue weighted by Crippen LogP contribution is -2.53. The Hall–Kier alpha value is -1.62. The average Bonchev–Trinajstić information content (AvgIpc) is 2.69. The van der Waals surface area contributed by atoms with Crippen LogP contribution in [0.5, 0.6) is 11.5 Å². The largest absolute Gasteiger partial charge is 0.486 e. The number of nitrogens with zero attached hydrogens (tertiary/aromatic N) is 3. The molecule has 28 heavy (non-hydrogen) atoms. The Balaban J connectivity index is 0.00000280. The van der Waals surface area contributed by atoms with Crippen molar-refractivity contribution in [1.82, 2.24) is 15.1 Å². The minimum absolute atomic E-state index is 0. The molecule has 0 atom stereocenters. The lowest BCUT2D eigenvalue weighted by atomic mass is 10.2. The monoisotopic (exact) mass is 524 g/mol. The van der Waals surface area contributed by atoms with Gasteiger partial charge >= 0.3 is 6.09 Å². The van der Waals surface area contributed by atoms with Crippen molar-refractivity contribution in [3.8, 4) is 11.5 Å². The number of hydrogen-bond donors (Lipinski definition) is 1. The molecule has 1 N–H and O–H groups in total. The highest BCUT2D eigenvalue weighted by molar-refractivity contribution is 14.0. The molecule has 0 spiro atoms. The van der Waals surface area contributed by atoms with E-state index in [1.807, 2.05) is 19.1 Å². The van der Waals surface area contributed by atoms with E-state index in [-0.39, 0.29) is 30.1 Å². The second-order valence-corrected chi connectivity index (χ2v) is 6.58. The summed E-state index contributed by atoms with van der Waals surface area (Å²) in [6, 6.07) is 3.80. The van der Waals surface area contributed by atoms with E-state index in [1.54, 1.807) is 11.9 Å². The molecule has 1 aromatic rings. The van der Waals surface area contributed by atoms with Crippen LogP contribution in [0.25, 0.3) is 0 Å². The molecule has 2 aliphatic rings. The zero-order chi connectivity index (χ0) is 19.2. The summed E-state index contributed by atoms with van der Waals surface area (Å²) in [7, 11) is 1.75. The van der Waals surface area contributed by atoms with Crippen LogP contribution in [0.3, 0.4) is 0 Å². The number of carbonyl (C=O) groups excluding carboxylic acids is 1. The van der Waals surface area contributed by atoms with Crippen LogP contribution in [-0.4, -0.2) is 74.9 Å². The fourth-order valence-electron chi connectivity index (χ4n) is 3.10. The summed E-state index contributed by atoms with van der Waals surface area (Å²) in [5.41, 5.74) is 0.982.